The summed E-state index contributed by atoms with van der Waals surface area (Å²) in [5.74, 6) is 0.315. The van der Waals surface area contributed by atoms with Crippen LogP contribution >= 0.6 is 11.3 Å². The number of benzene rings is 1. The van der Waals surface area contributed by atoms with Gasteiger partial charge < -0.3 is 14.8 Å². The molecule has 2 heterocycles. The minimum absolute atomic E-state index is 0.00614. The number of carbonyl (C=O) groups is 2. The number of fused-ring (bicyclic) bond motifs is 1. The Hall–Kier alpha value is -2.45. The molecule has 25 heavy (non-hydrogen) atoms. The van der Waals surface area contributed by atoms with Gasteiger partial charge in [-0.3, -0.25) is 14.5 Å². The molecule has 0 saturated carbocycles. The van der Waals surface area contributed by atoms with Gasteiger partial charge in [-0.2, -0.15) is 0 Å². The third kappa shape index (κ3) is 3.97. The Morgan fingerprint density at radius 3 is 3.12 bits per heavy atom. The first kappa shape index (κ1) is 17.4. The van der Waals surface area contributed by atoms with Crippen LogP contribution in [0.4, 0.5) is 5.69 Å². The molecule has 3 rings (SSSR count). The molecule has 2 amide bonds. The molecular formula is C17H19N3O4S. The first-order chi connectivity index (χ1) is 12.1. The van der Waals surface area contributed by atoms with Gasteiger partial charge in [0.2, 0.25) is 0 Å². The number of thiazole rings is 1. The number of aryl methyl sites for hydroxylation is 1. The van der Waals surface area contributed by atoms with Crippen LogP contribution in [0.1, 0.15) is 21.1 Å². The van der Waals surface area contributed by atoms with E-state index in [0.717, 1.165) is 11.3 Å². The Morgan fingerprint density at radius 1 is 1.48 bits per heavy atom. The molecule has 1 N–H and O–H groups in total. The molecule has 0 radical (unpaired) electrons. The molecule has 0 unspecified atom stereocenters. The number of carbonyl (C=O) groups excluding carboxylic acids is 2. The smallest absolute Gasteiger partial charge is 0.270 e. The van der Waals surface area contributed by atoms with Crippen molar-refractivity contribution in [1.29, 1.82) is 0 Å². The van der Waals surface area contributed by atoms with E-state index in [9.17, 15) is 9.59 Å². The fraction of sp³-hybridized carbons (Fsp3) is 0.353. The second-order valence-corrected chi connectivity index (χ2v) is 6.56. The van der Waals surface area contributed by atoms with E-state index in [1.807, 2.05) is 25.1 Å². The van der Waals surface area contributed by atoms with E-state index in [1.165, 1.54) is 11.3 Å². The molecule has 7 nitrogen and oxygen atoms in total. The molecule has 0 saturated heterocycles. The van der Waals surface area contributed by atoms with Crippen molar-refractivity contribution in [3.8, 4) is 5.75 Å². The van der Waals surface area contributed by atoms with Gasteiger partial charge >= 0.3 is 0 Å². The van der Waals surface area contributed by atoms with Crippen LogP contribution in [0.25, 0.3) is 0 Å². The maximum absolute atomic E-state index is 12.2. The summed E-state index contributed by atoms with van der Waals surface area (Å²) in [5, 5.41) is 5.11. The number of nitrogens with zero attached hydrogens (tertiary/aromatic N) is 2. The molecule has 0 atom stereocenters. The molecule has 1 aromatic heterocycles. The quantitative estimate of drug-likeness (QED) is 0.793. The summed E-state index contributed by atoms with van der Waals surface area (Å²) in [7, 11) is 1.58. The second-order valence-electron chi connectivity index (χ2n) is 5.61. The van der Waals surface area contributed by atoms with Crippen LogP contribution in [-0.4, -0.2) is 43.7 Å². The van der Waals surface area contributed by atoms with Gasteiger partial charge in [-0.05, 0) is 24.6 Å². The lowest BCUT2D eigenvalue weighted by Gasteiger charge is -2.28. The summed E-state index contributed by atoms with van der Waals surface area (Å²) < 4.78 is 10.4. The number of amides is 2. The fourth-order valence-electron chi connectivity index (χ4n) is 2.47. The van der Waals surface area contributed by atoms with Crippen LogP contribution in [0.3, 0.4) is 0 Å². The molecule has 1 aromatic carbocycles. The maximum Gasteiger partial charge on any atom is 0.270 e. The van der Waals surface area contributed by atoms with Crippen LogP contribution in [0, 0.1) is 6.92 Å². The van der Waals surface area contributed by atoms with Crippen molar-refractivity contribution in [3.63, 3.8) is 0 Å². The number of hydrogen-bond acceptors (Lipinski definition) is 6. The number of ether oxygens (including phenoxy) is 2. The van der Waals surface area contributed by atoms with E-state index >= 15 is 0 Å². The molecule has 0 fully saturated rings. The third-order valence-corrected chi connectivity index (χ3v) is 4.56. The Morgan fingerprint density at radius 2 is 2.32 bits per heavy atom. The van der Waals surface area contributed by atoms with Crippen molar-refractivity contribution in [2.75, 3.05) is 31.8 Å². The number of hydrogen-bond donors (Lipinski definition) is 1. The minimum Gasteiger partial charge on any atom is -0.482 e. The van der Waals surface area contributed by atoms with E-state index in [4.69, 9.17) is 9.47 Å². The highest BCUT2D eigenvalue weighted by atomic mass is 32.1. The predicted molar refractivity (Wildman–Crippen MR) is 94.2 cm³/mol. The summed E-state index contributed by atoms with van der Waals surface area (Å²) in [6, 6.07) is 5.71. The van der Waals surface area contributed by atoms with Gasteiger partial charge in [-0.1, -0.05) is 6.07 Å². The Kier molecular flexibility index (Phi) is 5.30. The van der Waals surface area contributed by atoms with Crippen LogP contribution in [-0.2, 0) is 16.1 Å². The standard InChI is InChI=1S/C17H19N3O4S/c1-11-3-4-13-14(7-11)24-9-16(21)20(13)8-15-19-12(10-25-15)17(22)18-5-6-23-2/h3-4,7,10H,5-6,8-9H2,1-2H3,(H,18,22). The van der Waals surface area contributed by atoms with Gasteiger partial charge in [0.15, 0.2) is 6.61 Å². The van der Waals surface area contributed by atoms with E-state index in [2.05, 4.69) is 10.3 Å². The topological polar surface area (TPSA) is 80.8 Å². The summed E-state index contributed by atoms with van der Waals surface area (Å²) in [6.45, 7) is 3.16. The monoisotopic (exact) mass is 361 g/mol. The third-order valence-electron chi connectivity index (χ3n) is 3.73. The molecule has 0 aliphatic carbocycles. The van der Waals surface area contributed by atoms with Crippen LogP contribution in [0.2, 0.25) is 0 Å². The summed E-state index contributed by atoms with van der Waals surface area (Å²) >= 11 is 1.35. The number of anilines is 1. The van der Waals surface area contributed by atoms with E-state index in [1.54, 1.807) is 17.4 Å². The van der Waals surface area contributed by atoms with Gasteiger partial charge in [0, 0.05) is 19.0 Å². The average molecular weight is 361 g/mol. The predicted octanol–water partition coefficient (Wildman–Crippen LogP) is 1.75. The Balaban J connectivity index is 1.73. The molecule has 8 heteroatoms. The number of rotatable bonds is 6. The zero-order valence-electron chi connectivity index (χ0n) is 14.1. The van der Waals surface area contributed by atoms with Crippen molar-refractivity contribution in [1.82, 2.24) is 10.3 Å². The highest BCUT2D eigenvalue weighted by Crippen LogP contribution is 2.34. The lowest BCUT2D eigenvalue weighted by atomic mass is 10.1. The molecule has 132 valence electrons. The first-order valence-electron chi connectivity index (χ1n) is 7.84. The molecular weight excluding hydrogens is 342 g/mol. The highest BCUT2D eigenvalue weighted by molar-refractivity contribution is 7.09. The van der Waals surface area contributed by atoms with Crippen molar-refractivity contribution in [2.45, 2.75) is 13.5 Å². The molecule has 0 bridgehead atoms. The lowest BCUT2D eigenvalue weighted by Crippen LogP contribution is -2.38. The fourth-order valence-corrected chi connectivity index (χ4v) is 3.23. The van der Waals surface area contributed by atoms with Gasteiger partial charge in [0.05, 0.1) is 18.8 Å². The average Bonchev–Trinajstić information content (AvgIpc) is 3.06. The zero-order chi connectivity index (χ0) is 17.8. The summed E-state index contributed by atoms with van der Waals surface area (Å²) in [5.41, 5.74) is 2.14. The molecule has 0 spiro atoms. The number of aromatic nitrogens is 1. The Bertz CT molecular complexity index is 790. The van der Waals surface area contributed by atoms with Gasteiger partial charge in [-0.15, -0.1) is 11.3 Å². The molecule has 2 aromatic rings. The summed E-state index contributed by atoms with van der Waals surface area (Å²) in [4.78, 5) is 30.2. The molecule has 1 aliphatic heterocycles. The Labute approximate surface area is 149 Å². The molecule has 1 aliphatic rings. The highest BCUT2D eigenvalue weighted by Gasteiger charge is 2.26. The largest absolute Gasteiger partial charge is 0.482 e. The minimum atomic E-state index is -0.246. The zero-order valence-corrected chi connectivity index (χ0v) is 14.9. The van der Waals surface area contributed by atoms with Crippen LogP contribution < -0.4 is 15.0 Å². The van der Waals surface area contributed by atoms with Gasteiger partial charge in [-0.25, -0.2) is 4.98 Å². The van der Waals surface area contributed by atoms with E-state index < -0.39 is 0 Å². The van der Waals surface area contributed by atoms with E-state index in [0.29, 0.717) is 36.1 Å². The normalized spacial score (nSPS) is 13.4. The van der Waals surface area contributed by atoms with E-state index in [-0.39, 0.29) is 18.4 Å². The van der Waals surface area contributed by atoms with Gasteiger partial charge in [0.1, 0.15) is 16.5 Å². The van der Waals surface area contributed by atoms with Crippen LogP contribution in [0.15, 0.2) is 23.6 Å². The SMILES string of the molecule is COCCNC(=O)c1csc(CN2C(=O)COc3cc(C)ccc32)n1. The second kappa shape index (κ2) is 7.62. The van der Waals surface area contributed by atoms with Crippen molar-refractivity contribution >= 4 is 28.8 Å². The first-order valence-corrected chi connectivity index (χ1v) is 8.72. The lowest BCUT2D eigenvalue weighted by molar-refractivity contribution is -0.121. The van der Waals surface area contributed by atoms with Crippen molar-refractivity contribution < 1.29 is 19.1 Å². The van der Waals surface area contributed by atoms with Crippen LogP contribution in [0.5, 0.6) is 5.75 Å². The maximum atomic E-state index is 12.2. The number of nitrogens with one attached hydrogen (secondary N) is 1. The van der Waals surface area contributed by atoms with Crippen molar-refractivity contribution in [2.24, 2.45) is 0 Å². The summed E-state index contributed by atoms with van der Waals surface area (Å²) in [6.07, 6.45) is 0. The number of methoxy groups -OCH3 is 1. The van der Waals surface area contributed by atoms with Gasteiger partial charge in [0.25, 0.3) is 11.8 Å². The van der Waals surface area contributed by atoms with Crippen molar-refractivity contribution in [3.05, 3.63) is 39.8 Å².